The Kier molecular flexibility index (Phi) is 6.72. The number of amides is 1. The summed E-state index contributed by atoms with van der Waals surface area (Å²) < 4.78 is 45.1. The monoisotopic (exact) mass is 444 g/mol. The van der Waals surface area contributed by atoms with E-state index in [-0.39, 0.29) is 23.8 Å². The molecule has 2 aromatic carbocycles. The molecule has 0 aliphatic carbocycles. The van der Waals surface area contributed by atoms with Crippen LogP contribution in [-0.4, -0.2) is 23.4 Å². The number of hydrogen-bond acceptors (Lipinski definition) is 3. The largest absolute Gasteiger partial charge is 0.497 e. The summed E-state index contributed by atoms with van der Waals surface area (Å²) in [5, 5.41) is 2.61. The maximum Gasteiger partial charge on any atom is 0.416 e. The van der Waals surface area contributed by atoms with E-state index in [9.17, 15) is 22.8 Å². The number of alkyl halides is 3. The van der Waals surface area contributed by atoms with Gasteiger partial charge in [-0.3, -0.25) is 9.59 Å². The third kappa shape index (κ3) is 5.19. The molecule has 0 aliphatic rings. The number of ether oxygens (including phenoxy) is 1. The van der Waals surface area contributed by atoms with E-state index in [1.54, 1.807) is 13.2 Å². The number of hydrogen-bond donors (Lipinski definition) is 1. The molecule has 0 bridgehead atoms. The highest BCUT2D eigenvalue weighted by molar-refractivity contribution is 5.97. The molecule has 1 N–H and O–H groups in total. The Bertz CT molecular complexity index is 1120. The van der Waals surface area contributed by atoms with E-state index in [1.807, 2.05) is 35.8 Å². The lowest BCUT2D eigenvalue weighted by Gasteiger charge is -2.13. The van der Waals surface area contributed by atoms with Gasteiger partial charge in [0.25, 0.3) is 0 Å². The Hall–Kier alpha value is -3.55. The summed E-state index contributed by atoms with van der Waals surface area (Å²) in [6.45, 7) is 3.60. The first kappa shape index (κ1) is 23.1. The van der Waals surface area contributed by atoms with Gasteiger partial charge >= 0.3 is 6.18 Å². The summed E-state index contributed by atoms with van der Waals surface area (Å²) in [6.07, 6.45) is -4.35. The Labute approximate surface area is 183 Å². The van der Waals surface area contributed by atoms with Crippen molar-refractivity contribution in [3.63, 3.8) is 0 Å². The Morgan fingerprint density at radius 3 is 2.19 bits per heavy atom. The molecule has 0 saturated heterocycles. The van der Waals surface area contributed by atoms with E-state index in [4.69, 9.17) is 4.74 Å². The average molecular weight is 444 g/mol. The summed E-state index contributed by atoms with van der Waals surface area (Å²) in [4.78, 5) is 24.5. The summed E-state index contributed by atoms with van der Waals surface area (Å²) in [5.74, 6) is 0.277. The molecule has 32 heavy (non-hydrogen) atoms. The maximum atomic E-state index is 12.7. The number of aromatic nitrogens is 1. The number of rotatable bonds is 7. The molecule has 0 fully saturated rings. The zero-order valence-electron chi connectivity index (χ0n) is 17.9. The average Bonchev–Trinajstić information content (AvgIpc) is 3.08. The Morgan fingerprint density at radius 2 is 1.66 bits per heavy atom. The van der Waals surface area contributed by atoms with Crippen molar-refractivity contribution in [2.75, 3.05) is 12.4 Å². The van der Waals surface area contributed by atoms with Crippen LogP contribution in [0.2, 0.25) is 0 Å². The minimum absolute atomic E-state index is 0.0785. The van der Waals surface area contributed by atoms with Crippen LogP contribution in [0.4, 0.5) is 18.9 Å². The molecule has 8 heteroatoms. The molecule has 0 spiro atoms. The normalized spacial score (nSPS) is 11.3. The van der Waals surface area contributed by atoms with Gasteiger partial charge in [-0.2, -0.15) is 13.2 Å². The van der Waals surface area contributed by atoms with Gasteiger partial charge in [0.15, 0.2) is 5.78 Å². The van der Waals surface area contributed by atoms with Crippen LogP contribution >= 0.6 is 0 Å². The molecule has 0 unspecified atom stereocenters. The number of benzene rings is 2. The summed E-state index contributed by atoms with van der Waals surface area (Å²) in [6, 6.07) is 13.5. The first-order chi connectivity index (χ1) is 15.1. The molecule has 0 radical (unpaired) electrons. The van der Waals surface area contributed by atoms with Crippen LogP contribution in [0.1, 0.15) is 35.0 Å². The summed E-state index contributed by atoms with van der Waals surface area (Å²) in [7, 11) is 1.57. The third-order valence-electron chi connectivity index (χ3n) is 5.19. The van der Waals surface area contributed by atoms with Crippen molar-refractivity contribution in [1.82, 2.24) is 4.57 Å². The molecule has 0 saturated carbocycles. The highest BCUT2D eigenvalue weighted by Gasteiger charge is 2.30. The SMILES string of the molecule is COc1ccc(-c2cc(C(C)=O)c(C)n2CCC(=O)Nc2ccc(C(F)(F)F)cc2)cc1. The van der Waals surface area contributed by atoms with Gasteiger partial charge in [-0.1, -0.05) is 0 Å². The maximum absolute atomic E-state index is 12.7. The lowest BCUT2D eigenvalue weighted by atomic mass is 10.1. The Morgan fingerprint density at radius 1 is 1.03 bits per heavy atom. The van der Waals surface area contributed by atoms with Gasteiger partial charge in [0.2, 0.25) is 5.91 Å². The topological polar surface area (TPSA) is 60.3 Å². The van der Waals surface area contributed by atoms with Gasteiger partial charge in [-0.25, -0.2) is 0 Å². The van der Waals surface area contributed by atoms with Crippen molar-refractivity contribution in [3.8, 4) is 17.0 Å². The molecule has 1 amide bonds. The van der Waals surface area contributed by atoms with Crippen LogP contribution in [0.15, 0.2) is 54.6 Å². The van der Waals surface area contributed by atoms with Gasteiger partial charge in [-0.05, 0) is 74.0 Å². The molecule has 0 atom stereocenters. The number of carbonyl (C=O) groups excluding carboxylic acids is 2. The number of methoxy groups -OCH3 is 1. The van der Waals surface area contributed by atoms with E-state index < -0.39 is 11.7 Å². The fourth-order valence-corrected chi connectivity index (χ4v) is 3.47. The first-order valence-corrected chi connectivity index (χ1v) is 9.92. The lowest BCUT2D eigenvalue weighted by Crippen LogP contribution is -2.16. The number of halogens is 3. The number of anilines is 1. The second-order valence-electron chi connectivity index (χ2n) is 7.34. The van der Waals surface area contributed by atoms with Gasteiger partial charge in [0.1, 0.15) is 5.75 Å². The molecule has 1 aromatic heterocycles. The third-order valence-corrected chi connectivity index (χ3v) is 5.19. The van der Waals surface area contributed by atoms with E-state index >= 15 is 0 Å². The Balaban J connectivity index is 1.77. The van der Waals surface area contributed by atoms with Crippen molar-refractivity contribution in [1.29, 1.82) is 0 Å². The second-order valence-corrected chi connectivity index (χ2v) is 7.34. The molecular weight excluding hydrogens is 421 g/mol. The van der Waals surface area contributed by atoms with E-state index in [0.717, 1.165) is 29.1 Å². The van der Waals surface area contributed by atoms with E-state index in [1.165, 1.54) is 19.1 Å². The van der Waals surface area contributed by atoms with Gasteiger partial charge in [0, 0.05) is 35.6 Å². The van der Waals surface area contributed by atoms with Crippen LogP contribution in [0.25, 0.3) is 11.3 Å². The fraction of sp³-hybridized carbons (Fsp3) is 0.250. The summed E-state index contributed by atoms with van der Waals surface area (Å²) >= 11 is 0. The molecule has 3 rings (SSSR count). The molecule has 168 valence electrons. The van der Waals surface area contributed by atoms with Gasteiger partial charge in [-0.15, -0.1) is 0 Å². The van der Waals surface area contributed by atoms with E-state index in [0.29, 0.717) is 17.9 Å². The summed E-state index contributed by atoms with van der Waals surface area (Å²) in [5.41, 5.74) is 2.47. The van der Waals surface area contributed by atoms with Gasteiger partial charge in [0.05, 0.1) is 12.7 Å². The highest BCUT2D eigenvalue weighted by atomic mass is 19.4. The zero-order valence-corrected chi connectivity index (χ0v) is 17.9. The molecule has 5 nitrogen and oxygen atoms in total. The van der Waals surface area contributed by atoms with Crippen LogP contribution in [0.3, 0.4) is 0 Å². The smallest absolute Gasteiger partial charge is 0.416 e. The van der Waals surface area contributed by atoms with Crippen LogP contribution in [-0.2, 0) is 17.5 Å². The predicted octanol–water partition coefficient (Wildman–Crippen LogP) is 5.72. The minimum Gasteiger partial charge on any atom is -0.497 e. The lowest BCUT2D eigenvalue weighted by molar-refractivity contribution is -0.137. The van der Waals surface area contributed by atoms with E-state index in [2.05, 4.69) is 5.32 Å². The van der Waals surface area contributed by atoms with Crippen molar-refractivity contribution < 1.29 is 27.5 Å². The van der Waals surface area contributed by atoms with Crippen LogP contribution < -0.4 is 10.1 Å². The highest BCUT2D eigenvalue weighted by Crippen LogP contribution is 2.30. The van der Waals surface area contributed by atoms with Gasteiger partial charge < -0.3 is 14.6 Å². The number of nitrogens with zero attached hydrogens (tertiary/aromatic N) is 1. The number of carbonyl (C=O) groups is 2. The van der Waals surface area contributed by atoms with Crippen molar-refractivity contribution in [2.45, 2.75) is 33.0 Å². The van der Waals surface area contributed by atoms with Crippen LogP contribution in [0, 0.1) is 6.92 Å². The van der Waals surface area contributed by atoms with Crippen molar-refractivity contribution >= 4 is 17.4 Å². The number of ketones is 1. The van der Waals surface area contributed by atoms with Crippen LogP contribution in [0.5, 0.6) is 5.75 Å². The molecule has 0 aliphatic heterocycles. The number of nitrogens with one attached hydrogen (secondary N) is 1. The first-order valence-electron chi connectivity index (χ1n) is 9.92. The quantitative estimate of drug-likeness (QED) is 0.474. The number of Topliss-reactive ketones (excluding diaryl/α,β-unsaturated/α-hetero) is 1. The standard InChI is InChI=1S/C24H23F3N2O3/c1-15-21(16(2)30)14-22(17-4-10-20(32-3)11-5-17)29(15)13-12-23(31)28-19-8-6-18(7-9-19)24(25,26)27/h4-11,14H,12-13H2,1-3H3,(H,28,31). The zero-order chi connectivity index (χ0) is 23.5. The van der Waals surface area contributed by atoms with Crippen molar-refractivity contribution in [2.24, 2.45) is 0 Å². The van der Waals surface area contributed by atoms with Crippen molar-refractivity contribution in [3.05, 3.63) is 71.4 Å². The molecule has 3 aromatic rings. The fourth-order valence-electron chi connectivity index (χ4n) is 3.47. The molecule has 1 heterocycles. The second kappa shape index (κ2) is 9.30. The minimum atomic E-state index is -4.43. The predicted molar refractivity (Wildman–Crippen MR) is 116 cm³/mol. The molecular formula is C24H23F3N2O3.